The van der Waals surface area contributed by atoms with Crippen molar-refractivity contribution in [3.8, 4) is 0 Å². The summed E-state index contributed by atoms with van der Waals surface area (Å²) in [5.41, 5.74) is 0. The van der Waals surface area contributed by atoms with E-state index in [1.54, 1.807) is 6.08 Å². The Morgan fingerprint density at radius 3 is 0.747 bits per heavy atom. The van der Waals surface area contributed by atoms with Crippen molar-refractivity contribution in [1.29, 1.82) is 0 Å². The number of hydrogen-bond acceptors (Lipinski definition) is 5. The number of esters is 1. The molecule has 1 amide bonds. The number of aliphatic hydroxyl groups is 2. The Kier molecular flexibility index (Phi) is 79.8. The minimum atomic E-state index is -0.840. The van der Waals surface area contributed by atoms with Gasteiger partial charge in [-0.2, -0.15) is 0 Å². The number of ether oxygens (including phenoxy) is 1. The van der Waals surface area contributed by atoms with E-state index in [4.69, 9.17) is 4.74 Å². The van der Waals surface area contributed by atoms with Gasteiger partial charge in [0.05, 0.1) is 25.4 Å². The van der Waals surface area contributed by atoms with Gasteiger partial charge in [0, 0.05) is 12.8 Å². The Bertz CT molecular complexity index is 1380. The topological polar surface area (TPSA) is 95.9 Å². The quantitative estimate of drug-likeness (QED) is 0.0320. The van der Waals surface area contributed by atoms with Gasteiger partial charge >= 0.3 is 5.97 Å². The summed E-state index contributed by atoms with van der Waals surface area (Å²) in [6, 6.07) is -0.623. The molecule has 0 aliphatic heterocycles. The van der Waals surface area contributed by atoms with E-state index < -0.39 is 12.1 Å². The van der Waals surface area contributed by atoms with Crippen LogP contribution in [-0.4, -0.2) is 47.4 Å². The number of amides is 1. The van der Waals surface area contributed by atoms with Gasteiger partial charge in [0.25, 0.3) is 0 Å². The minimum absolute atomic E-state index is 0.0294. The first-order chi connectivity index (χ1) is 45.0. The molecule has 91 heavy (non-hydrogen) atoms. The first-order valence-electron chi connectivity index (χ1n) is 42.5. The summed E-state index contributed by atoms with van der Waals surface area (Å²) in [4.78, 5) is 24.7. The molecule has 0 aliphatic rings. The van der Waals surface area contributed by atoms with Gasteiger partial charge in [-0.25, -0.2) is 0 Å². The summed E-state index contributed by atoms with van der Waals surface area (Å²) in [5.74, 6) is -0.0281. The molecule has 0 heterocycles. The van der Waals surface area contributed by atoms with Crippen LogP contribution >= 0.6 is 0 Å². The van der Waals surface area contributed by atoms with Crippen LogP contribution in [-0.2, 0) is 14.3 Å². The average molecular weight is 1280 g/mol. The van der Waals surface area contributed by atoms with Crippen LogP contribution < -0.4 is 5.32 Å². The molecule has 6 heteroatoms. The lowest BCUT2D eigenvalue weighted by molar-refractivity contribution is -0.143. The smallest absolute Gasteiger partial charge is 0.305 e. The van der Waals surface area contributed by atoms with Crippen molar-refractivity contribution in [1.82, 2.24) is 5.32 Å². The van der Waals surface area contributed by atoms with Gasteiger partial charge in [-0.15, -0.1) is 0 Å². The fraction of sp³-hybridized carbons (Fsp3) is 0.953. The predicted molar refractivity (Wildman–Crippen MR) is 403 cm³/mol. The number of carbonyl (C=O) groups excluding carboxylic acids is 2. The Labute approximate surface area is 571 Å². The van der Waals surface area contributed by atoms with Gasteiger partial charge < -0.3 is 20.3 Å². The zero-order chi connectivity index (χ0) is 65.6. The summed E-state index contributed by atoms with van der Waals surface area (Å²) in [6.07, 6.45) is 104. The van der Waals surface area contributed by atoms with Crippen molar-refractivity contribution >= 4 is 11.9 Å². The van der Waals surface area contributed by atoms with Crippen LogP contribution in [0.25, 0.3) is 0 Å². The summed E-state index contributed by atoms with van der Waals surface area (Å²) in [6.45, 7) is 4.97. The largest absolute Gasteiger partial charge is 0.466 e. The third-order valence-corrected chi connectivity index (χ3v) is 20.3. The molecule has 0 fully saturated rings. The number of rotatable bonds is 81. The molecule has 0 saturated heterocycles. The second-order valence-corrected chi connectivity index (χ2v) is 29.5. The SMILES string of the molecule is CCCCCCCCCCCCCCCCCC/C=C/C(O)C(CO)NC(=O)CCCCCCCCCCCCCCCCCCCCCCCCCCCCCCCCCCCCCCCOC(=O)CCCCCCCCCCCCCCCCCCCCC. The van der Waals surface area contributed by atoms with E-state index >= 15 is 0 Å². The number of carbonyl (C=O) groups is 2. The minimum Gasteiger partial charge on any atom is -0.466 e. The molecule has 0 saturated carbocycles. The van der Waals surface area contributed by atoms with Crippen molar-refractivity contribution in [2.45, 2.75) is 508 Å². The van der Waals surface area contributed by atoms with Crippen molar-refractivity contribution in [3.63, 3.8) is 0 Å². The lowest BCUT2D eigenvalue weighted by atomic mass is 10.0. The van der Waals surface area contributed by atoms with Crippen LogP contribution in [0.3, 0.4) is 0 Å². The molecular weight excluding hydrogens is 1110 g/mol. The lowest BCUT2D eigenvalue weighted by Gasteiger charge is -2.20. The Hall–Kier alpha value is -1.40. The van der Waals surface area contributed by atoms with Crippen molar-refractivity contribution in [3.05, 3.63) is 12.2 Å². The number of aliphatic hydroxyl groups excluding tert-OH is 2. The third-order valence-electron chi connectivity index (χ3n) is 20.3. The molecule has 0 aliphatic carbocycles. The highest BCUT2D eigenvalue weighted by Crippen LogP contribution is 2.21. The van der Waals surface area contributed by atoms with E-state index in [1.165, 1.54) is 430 Å². The van der Waals surface area contributed by atoms with Gasteiger partial charge in [0.15, 0.2) is 0 Å². The molecule has 0 bridgehead atoms. The Morgan fingerprint density at radius 2 is 0.505 bits per heavy atom. The maximum Gasteiger partial charge on any atom is 0.305 e. The van der Waals surface area contributed by atoms with E-state index in [1.807, 2.05) is 6.08 Å². The second-order valence-electron chi connectivity index (χ2n) is 29.5. The van der Waals surface area contributed by atoms with Crippen molar-refractivity contribution in [2.75, 3.05) is 13.2 Å². The monoisotopic (exact) mass is 1280 g/mol. The summed E-state index contributed by atoms with van der Waals surface area (Å²) >= 11 is 0. The van der Waals surface area contributed by atoms with Crippen LogP contribution in [0, 0.1) is 0 Å². The van der Waals surface area contributed by atoms with Gasteiger partial charge in [-0.1, -0.05) is 463 Å². The average Bonchev–Trinajstić information content (AvgIpc) is 3.75. The molecule has 542 valence electrons. The zero-order valence-electron chi connectivity index (χ0n) is 62.4. The van der Waals surface area contributed by atoms with Crippen LogP contribution in [0.2, 0.25) is 0 Å². The molecule has 0 aromatic heterocycles. The van der Waals surface area contributed by atoms with Crippen molar-refractivity contribution in [2.24, 2.45) is 0 Å². The molecule has 0 radical (unpaired) electrons. The molecule has 0 aromatic rings. The van der Waals surface area contributed by atoms with E-state index in [0.29, 0.717) is 19.4 Å². The molecule has 2 unspecified atom stereocenters. The van der Waals surface area contributed by atoms with Gasteiger partial charge in [-0.3, -0.25) is 9.59 Å². The standard InChI is InChI=1S/C85H167NO5/c1-3-5-7-9-11-13-15-17-19-21-42-47-51-55-59-63-67-71-75-79-85(90)91-80-76-72-68-64-60-56-52-48-44-41-39-37-35-33-31-29-27-25-23-24-26-28-30-32-34-36-38-40-43-46-50-54-58-62-66-70-74-78-84(89)86-82(81-87)83(88)77-73-69-65-61-57-53-49-45-22-20-18-16-14-12-10-8-6-4-2/h73,77,82-83,87-88H,3-72,74-76,78-81H2,1-2H3,(H,86,89)/b77-73+. The van der Waals surface area contributed by atoms with Gasteiger partial charge in [0.2, 0.25) is 5.91 Å². The molecule has 6 nitrogen and oxygen atoms in total. The van der Waals surface area contributed by atoms with Crippen molar-refractivity contribution < 1.29 is 24.5 Å². The highest BCUT2D eigenvalue weighted by molar-refractivity contribution is 5.76. The predicted octanol–water partition coefficient (Wildman–Crippen LogP) is 28.2. The van der Waals surface area contributed by atoms with E-state index in [9.17, 15) is 19.8 Å². The summed E-state index contributed by atoms with van der Waals surface area (Å²) in [7, 11) is 0. The Morgan fingerprint density at radius 1 is 0.297 bits per heavy atom. The second kappa shape index (κ2) is 81.0. The highest BCUT2D eigenvalue weighted by atomic mass is 16.5. The number of allylic oxidation sites excluding steroid dienone is 1. The molecule has 0 aromatic carbocycles. The fourth-order valence-corrected chi connectivity index (χ4v) is 13.9. The number of unbranched alkanes of at least 4 members (excludes halogenated alkanes) is 70. The van der Waals surface area contributed by atoms with Crippen LogP contribution in [0.1, 0.15) is 495 Å². The molecular formula is C85H167NO5. The highest BCUT2D eigenvalue weighted by Gasteiger charge is 2.18. The molecule has 3 N–H and O–H groups in total. The van der Waals surface area contributed by atoms with Gasteiger partial charge in [0.1, 0.15) is 0 Å². The first-order valence-corrected chi connectivity index (χ1v) is 42.5. The number of nitrogens with one attached hydrogen (secondary N) is 1. The van der Waals surface area contributed by atoms with Crippen LogP contribution in [0.5, 0.6) is 0 Å². The normalized spacial score (nSPS) is 12.4. The zero-order valence-corrected chi connectivity index (χ0v) is 62.4. The number of hydrogen-bond donors (Lipinski definition) is 3. The van der Waals surface area contributed by atoms with E-state index in [0.717, 1.165) is 38.5 Å². The molecule has 0 spiro atoms. The molecule has 2 atom stereocenters. The van der Waals surface area contributed by atoms with Gasteiger partial charge in [-0.05, 0) is 32.1 Å². The maximum absolute atomic E-state index is 12.5. The first kappa shape index (κ1) is 89.6. The maximum atomic E-state index is 12.5. The van der Waals surface area contributed by atoms with Crippen LogP contribution in [0.4, 0.5) is 0 Å². The fourth-order valence-electron chi connectivity index (χ4n) is 13.9. The summed E-state index contributed by atoms with van der Waals surface area (Å²) < 4.78 is 5.53. The third kappa shape index (κ3) is 77.5. The molecule has 0 rings (SSSR count). The van der Waals surface area contributed by atoms with E-state index in [2.05, 4.69) is 19.2 Å². The Balaban J connectivity index is 3.29. The van der Waals surface area contributed by atoms with Crippen LogP contribution in [0.15, 0.2) is 12.2 Å². The lowest BCUT2D eigenvalue weighted by Crippen LogP contribution is -2.45. The summed E-state index contributed by atoms with van der Waals surface area (Å²) in [5, 5.41) is 23.3. The van der Waals surface area contributed by atoms with E-state index in [-0.39, 0.29) is 18.5 Å².